The minimum absolute atomic E-state index is 0.0101. The first-order chi connectivity index (χ1) is 15.6. The molecule has 0 aliphatic carbocycles. The highest BCUT2D eigenvalue weighted by Crippen LogP contribution is 2.37. The van der Waals surface area contributed by atoms with E-state index in [9.17, 15) is 9.18 Å². The number of nitrogens with one attached hydrogen (secondary N) is 1. The number of halogens is 1. The van der Waals surface area contributed by atoms with Gasteiger partial charge >= 0.3 is 0 Å². The van der Waals surface area contributed by atoms with Gasteiger partial charge in [-0.05, 0) is 36.4 Å². The number of rotatable bonds is 7. The van der Waals surface area contributed by atoms with Crippen LogP contribution in [0.15, 0.2) is 65.6 Å². The summed E-state index contributed by atoms with van der Waals surface area (Å²) in [6.07, 6.45) is 2.95. The van der Waals surface area contributed by atoms with E-state index in [-0.39, 0.29) is 24.0 Å². The minimum Gasteiger partial charge on any atom is -0.493 e. The molecule has 32 heavy (non-hydrogen) atoms. The fraction of sp³-hybridized carbons (Fsp3) is 0.130. The number of hydrogen-bond acceptors (Lipinski definition) is 7. The number of ether oxygens (including phenoxy) is 2. The number of nitrogens with zero attached hydrogens (tertiary/aromatic N) is 3. The van der Waals surface area contributed by atoms with Crippen molar-refractivity contribution in [2.45, 2.75) is 6.42 Å². The first-order valence-electron chi connectivity index (χ1n) is 9.62. The maximum absolute atomic E-state index is 13.4. The van der Waals surface area contributed by atoms with Crippen molar-refractivity contribution < 1.29 is 23.2 Å². The van der Waals surface area contributed by atoms with Crippen LogP contribution in [0.1, 0.15) is 5.56 Å². The molecule has 0 aliphatic heterocycles. The molecule has 4 rings (SSSR count). The molecule has 2 heterocycles. The van der Waals surface area contributed by atoms with Gasteiger partial charge in [0.2, 0.25) is 11.8 Å². The molecule has 0 unspecified atom stereocenters. The van der Waals surface area contributed by atoms with Gasteiger partial charge in [0.05, 0.1) is 31.9 Å². The van der Waals surface area contributed by atoms with E-state index in [2.05, 4.69) is 20.4 Å². The average Bonchev–Trinajstić information content (AvgIpc) is 3.23. The van der Waals surface area contributed by atoms with Crippen LogP contribution in [-0.2, 0) is 11.2 Å². The van der Waals surface area contributed by atoms with Gasteiger partial charge in [0.15, 0.2) is 11.5 Å². The van der Waals surface area contributed by atoms with Crippen LogP contribution in [0.2, 0.25) is 0 Å². The highest BCUT2D eigenvalue weighted by atomic mass is 19.1. The Morgan fingerprint density at radius 2 is 1.91 bits per heavy atom. The largest absolute Gasteiger partial charge is 0.493 e. The lowest BCUT2D eigenvalue weighted by Crippen LogP contribution is -2.15. The third-order valence-corrected chi connectivity index (χ3v) is 4.74. The maximum Gasteiger partial charge on any atom is 0.241 e. The van der Waals surface area contributed by atoms with Crippen LogP contribution < -0.4 is 14.8 Å². The second-order valence-electron chi connectivity index (χ2n) is 6.71. The zero-order valence-electron chi connectivity index (χ0n) is 17.3. The molecule has 1 amide bonds. The second-order valence-corrected chi connectivity index (χ2v) is 6.71. The van der Waals surface area contributed by atoms with E-state index < -0.39 is 0 Å². The number of amides is 1. The van der Waals surface area contributed by atoms with Crippen molar-refractivity contribution in [2.75, 3.05) is 19.5 Å². The van der Waals surface area contributed by atoms with Gasteiger partial charge in [-0.15, -0.1) is 0 Å². The van der Waals surface area contributed by atoms with Gasteiger partial charge in [0.1, 0.15) is 17.8 Å². The van der Waals surface area contributed by atoms with Gasteiger partial charge in [0, 0.05) is 17.3 Å². The first-order valence-corrected chi connectivity index (χ1v) is 9.62. The van der Waals surface area contributed by atoms with Crippen LogP contribution in [0.4, 0.5) is 10.3 Å². The van der Waals surface area contributed by atoms with Crippen LogP contribution in [0.25, 0.3) is 22.5 Å². The molecule has 8 nitrogen and oxygen atoms in total. The van der Waals surface area contributed by atoms with Crippen LogP contribution in [-0.4, -0.2) is 35.3 Å². The van der Waals surface area contributed by atoms with Crippen molar-refractivity contribution in [2.24, 2.45) is 0 Å². The summed E-state index contributed by atoms with van der Waals surface area (Å²) in [5.41, 5.74) is 2.63. The third-order valence-electron chi connectivity index (χ3n) is 4.74. The fourth-order valence-corrected chi connectivity index (χ4v) is 3.29. The average molecular weight is 434 g/mol. The Hall–Kier alpha value is -4.27. The zero-order valence-corrected chi connectivity index (χ0v) is 17.3. The molecule has 0 spiro atoms. The lowest BCUT2D eigenvalue weighted by Gasteiger charge is -2.12. The summed E-state index contributed by atoms with van der Waals surface area (Å²) in [5.74, 6) is 0.397. The molecular weight excluding hydrogens is 415 g/mol. The predicted molar refractivity (Wildman–Crippen MR) is 115 cm³/mol. The molecule has 9 heteroatoms. The minimum atomic E-state index is -0.374. The van der Waals surface area contributed by atoms with Gasteiger partial charge < -0.3 is 14.0 Å². The predicted octanol–water partition coefficient (Wildman–Crippen LogP) is 4.14. The number of para-hydroxylation sites is 1. The molecule has 0 saturated carbocycles. The Labute approximate surface area is 183 Å². The molecule has 2 aromatic heterocycles. The lowest BCUT2D eigenvalue weighted by molar-refractivity contribution is -0.115. The Morgan fingerprint density at radius 1 is 1.09 bits per heavy atom. The molecule has 162 valence electrons. The number of benzene rings is 2. The molecule has 0 atom stereocenters. The Kier molecular flexibility index (Phi) is 6.07. The highest BCUT2D eigenvalue weighted by Gasteiger charge is 2.23. The van der Waals surface area contributed by atoms with Crippen molar-refractivity contribution in [1.82, 2.24) is 15.1 Å². The summed E-state index contributed by atoms with van der Waals surface area (Å²) in [5, 5.41) is 6.85. The number of hydrogen-bond donors (Lipinski definition) is 1. The van der Waals surface area contributed by atoms with E-state index in [1.807, 2.05) is 0 Å². The van der Waals surface area contributed by atoms with E-state index in [1.54, 1.807) is 42.6 Å². The van der Waals surface area contributed by atoms with E-state index in [0.717, 1.165) is 0 Å². The van der Waals surface area contributed by atoms with Crippen LogP contribution >= 0.6 is 0 Å². The molecule has 0 bridgehead atoms. The van der Waals surface area contributed by atoms with Crippen molar-refractivity contribution in [3.05, 3.63) is 72.4 Å². The molecule has 0 radical (unpaired) electrons. The van der Waals surface area contributed by atoms with Crippen molar-refractivity contribution in [3.8, 4) is 34.0 Å². The smallest absolute Gasteiger partial charge is 0.241 e. The topological polar surface area (TPSA) is 99.4 Å². The molecule has 2 aromatic carbocycles. The van der Waals surface area contributed by atoms with Gasteiger partial charge in [-0.2, -0.15) is 0 Å². The van der Waals surface area contributed by atoms with Crippen molar-refractivity contribution in [1.29, 1.82) is 0 Å². The van der Waals surface area contributed by atoms with Gasteiger partial charge in [-0.25, -0.2) is 14.4 Å². The summed E-state index contributed by atoms with van der Waals surface area (Å²) < 4.78 is 29.5. The molecule has 4 aromatic rings. The summed E-state index contributed by atoms with van der Waals surface area (Å²) in [6.45, 7) is 0. The SMILES string of the molecule is COc1cccc(CC(=O)Nc2onc(-c3ccc(F)cc3)c2-c2ccncn2)c1OC. The fourth-order valence-electron chi connectivity index (χ4n) is 3.29. The number of carbonyl (C=O) groups is 1. The summed E-state index contributed by atoms with van der Waals surface area (Å²) in [4.78, 5) is 21.0. The normalized spacial score (nSPS) is 10.6. The van der Waals surface area contributed by atoms with Crippen LogP contribution in [0.5, 0.6) is 11.5 Å². The van der Waals surface area contributed by atoms with Crippen molar-refractivity contribution >= 4 is 11.8 Å². The highest BCUT2D eigenvalue weighted by molar-refractivity contribution is 5.97. The number of methoxy groups -OCH3 is 2. The van der Waals surface area contributed by atoms with E-state index in [4.69, 9.17) is 14.0 Å². The van der Waals surface area contributed by atoms with Crippen LogP contribution in [0, 0.1) is 5.82 Å². The summed E-state index contributed by atoms with van der Waals surface area (Å²) in [7, 11) is 3.04. The van der Waals surface area contributed by atoms with Gasteiger partial charge in [0.25, 0.3) is 0 Å². The Balaban J connectivity index is 1.67. The van der Waals surface area contributed by atoms with Gasteiger partial charge in [-0.3, -0.25) is 10.1 Å². The van der Waals surface area contributed by atoms with E-state index in [0.29, 0.717) is 39.6 Å². The first kappa shape index (κ1) is 21.0. The lowest BCUT2D eigenvalue weighted by atomic mass is 10.0. The molecule has 1 N–H and O–H groups in total. The summed E-state index contributed by atoms with van der Waals surface area (Å²) in [6, 6.07) is 12.8. The Morgan fingerprint density at radius 3 is 2.59 bits per heavy atom. The molecule has 0 aliphatic rings. The number of anilines is 1. The van der Waals surface area contributed by atoms with Crippen molar-refractivity contribution in [3.63, 3.8) is 0 Å². The third kappa shape index (κ3) is 4.27. The van der Waals surface area contributed by atoms with E-state index >= 15 is 0 Å². The van der Waals surface area contributed by atoms with Crippen LogP contribution in [0.3, 0.4) is 0 Å². The quantitative estimate of drug-likeness (QED) is 0.467. The second kappa shape index (κ2) is 9.25. The molecule has 0 fully saturated rings. The van der Waals surface area contributed by atoms with E-state index in [1.165, 1.54) is 32.7 Å². The number of carbonyl (C=O) groups excluding carboxylic acids is 1. The number of aromatic nitrogens is 3. The van der Waals surface area contributed by atoms with Gasteiger partial charge in [-0.1, -0.05) is 17.3 Å². The molecular formula is C23H19FN4O4. The maximum atomic E-state index is 13.4. The zero-order chi connectivity index (χ0) is 22.5. The standard InChI is InChI=1S/C23H19FN4O4/c1-30-18-5-3-4-15(22(18)31-2)12-19(29)27-23-20(17-10-11-25-13-26-17)21(28-32-23)14-6-8-16(24)9-7-14/h3-11,13H,12H2,1-2H3,(H,27,29). The Bertz CT molecular complexity index is 1230. The summed E-state index contributed by atoms with van der Waals surface area (Å²) >= 11 is 0. The monoisotopic (exact) mass is 434 g/mol. The molecule has 0 saturated heterocycles.